The minimum absolute atomic E-state index is 0.0385. The molecule has 1 fully saturated rings. The summed E-state index contributed by atoms with van der Waals surface area (Å²) in [5.74, 6) is 0.108. The Morgan fingerprint density at radius 2 is 1.96 bits per heavy atom. The summed E-state index contributed by atoms with van der Waals surface area (Å²) >= 11 is 0. The van der Waals surface area contributed by atoms with Crippen LogP contribution in [-0.4, -0.2) is 36.8 Å². The minimum Gasteiger partial charge on any atom is -0.464 e. The minimum atomic E-state index is -3.08. The molecule has 0 bridgehead atoms. The molecule has 146 valence electrons. The number of benzene rings is 2. The number of rotatable bonds is 5. The summed E-state index contributed by atoms with van der Waals surface area (Å²) in [6, 6.07) is 15.3. The molecule has 2 heterocycles. The second kappa shape index (κ2) is 7.43. The number of carbonyl (C=O) groups is 1. The molecule has 2 aromatic carbocycles. The normalized spacial score (nSPS) is 18.4. The highest BCUT2D eigenvalue weighted by Crippen LogP contribution is 2.25. The van der Waals surface area contributed by atoms with E-state index in [9.17, 15) is 13.2 Å². The van der Waals surface area contributed by atoms with E-state index in [-0.39, 0.29) is 29.9 Å². The molecule has 0 spiro atoms. The van der Waals surface area contributed by atoms with Crippen molar-refractivity contribution in [1.29, 1.82) is 0 Å². The van der Waals surface area contributed by atoms with Crippen LogP contribution < -0.4 is 0 Å². The smallest absolute Gasteiger partial charge is 0.227 e. The standard InChI is InChI=1S/C22H23NO4S/c1-16-7-8-21-20(11-16)18(14-27-21)12-22(24)23(13-17-5-3-2-4-6-17)19-9-10-28(25,26)15-19/h2-8,11,14,19H,9-10,12-13,15H2,1H3/t19-/m0/s1. The van der Waals surface area contributed by atoms with Gasteiger partial charge in [-0.05, 0) is 31.0 Å². The number of fused-ring (bicyclic) bond motifs is 1. The Morgan fingerprint density at radius 3 is 2.68 bits per heavy atom. The van der Waals surface area contributed by atoms with Gasteiger partial charge in [-0.1, -0.05) is 42.0 Å². The van der Waals surface area contributed by atoms with Crippen molar-refractivity contribution >= 4 is 26.7 Å². The van der Waals surface area contributed by atoms with Gasteiger partial charge in [0.2, 0.25) is 5.91 Å². The van der Waals surface area contributed by atoms with Gasteiger partial charge in [0.15, 0.2) is 9.84 Å². The summed E-state index contributed by atoms with van der Waals surface area (Å²) in [5.41, 5.74) is 3.69. The number of carbonyl (C=O) groups excluding carboxylic acids is 1. The number of amides is 1. The summed E-state index contributed by atoms with van der Waals surface area (Å²) < 4.78 is 29.6. The highest BCUT2D eigenvalue weighted by Gasteiger charge is 2.34. The van der Waals surface area contributed by atoms with E-state index in [4.69, 9.17) is 4.42 Å². The van der Waals surface area contributed by atoms with Crippen LogP contribution in [0.25, 0.3) is 11.0 Å². The SMILES string of the molecule is Cc1ccc2occ(CC(=O)N(Cc3ccccc3)[C@H]3CCS(=O)(=O)C3)c2c1. The molecule has 1 saturated heterocycles. The van der Waals surface area contributed by atoms with Gasteiger partial charge in [0.05, 0.1) is 24.2 Å². The summed E-state index contributed by atoms with van der Waals surface area (Å²) in [7, 11) is -3.08. The molecule has 28 heavy (non-hydrogen) atoms. The monoisotopic (exact) mass is 397 g/mol. The van der Waals surface area contributed by atoms with Gasteiger partial charge in [0.25, 0.3) is 0 Å². The molecule has 1 amide bonds. The zero-order chi connectivity index (χ0) is 19.7. The molecular weight excluding hydrogens is 374 g/mol. The molecule has 3 aromatic rings. The number of aryl methyl sites for hydroxylation is 1. The predicted molar refractivity (Wildman–Crippen MR) is 109 cm³/mol. The van der Waals surface area contributed by atoms with Gasteiger partial charge in [-0.3, -0.25) is 4.79 Å². The topological polar surface area (TPSA) is 67.6 Å². The lowest BCUT2D eigenvalue weighted by Gasteiger charge is -2.28. The Morgan fingerprint density at radius 1 is 1.18 bits per heavy atom. The third-order valence-corrected chi connectivity index (χ3v) is 7.07. The molecule has 1 atom stereocenters. The fourth-order valence-electron chi connectivity index (χ4n) is 3.82. The van der Waals surface area contributed by atoms with E-state index < -0.39 is 9.84 Å². The van der Waals surface area contributed by atoms with Crippen LogP contribution >= 0.6 is 0 Å². The number of hydrogen-bond donors (Lipinski definition) is 0. The second-order valence-electron chi connectivity index (χ2n) is 7.50. The first-order valence-corrected chi connectivity index (χ1v) is 11.2. The van der Waals surface area contributed by atoms with Crippen LogP contribution in [0.1, 0.15) is 23.1 Å². The van der Waals surface area contributed by atoms with Gasteiger partial charge < -0.3 is 9.32 Å². The van der Waals surface area contributed by atoms with Crippen LogP contribution in [0.2, 0.25) is 0 Å². The summed E-state index contributed by atoms with van der Waals surface area (Å²) in [4.78, 5) is 15.0. The first kappa shape index (κ1) is 18.7. The lowest BCUT2D eigenvalue weighted by Crippen LogP contribution is -2.41. The van der Waals surface area contributed by atoms with Crippen molar-refractivity contribution < 1.29 is 17.6 Å². The van der Waals surface area contributed by atoms with Gasteiger partial charge in [0.1, 0.15) is 5.58 Å². The van der Waals surface area contributed by atoms with Crippen molar-refractivity contribution in [2.24, 2.45) is 0 Å². The van der Waals surface area contributed by atoms with Crippen molar-refractivity contribution in [2.75, 3.05) is 11.5 Å². The van der Waals surface area contributed by atoms with E-state index in [0.29, 0.717) is 13.0 Å². The van der Waals surface area contributed by atoms with Gasteiger partial charge >= 0.3 is 0 Å². The van der Waals surface area contributed by atoms with E-state index in [0.717, 1.165) is 27.7 Å². The Balaban J connectivity index is 1.61. The largest absolute Gasteiger partial charge is 0.464 e. The zero-order valence-electron chi connectivity index (χ0n) is 15.8. The van der Waals surface area contributed by atoms with E-state index in [1.54, 1.807) is 11.2 Å². The molecular formula is C22H23NO4S. The van der Waals surface area contributed by atoms with Crippen molar-refractivity contribution in [3.63, 3.8) is 0 Å². The molecule has 0 saturated carbocycles. The third-order valence-electron chi connectivity index (χ3n) is 5.32. The quantitative estimate of drug-likeness (QED) is 0.661. The second-order valence-corrected chi connectivity index (χ2v) is 9.73. The predicted octanol–water partition coefficient (Wildman–Crippen LogP) is 3.50. The van der Waals surface area contributed by atoms with Crippen LogP contribution in [0.5, 0.6) is 0 Å². The zero-order valence-corrected chi connectivity index (χ0v) is 16.6. The number of sulfone groups is 1. The van der Waals surface area contributed by atoms with Crippen LogP contribution in [-0.2, 0) is 27.6 Å². The Labute approximate surface area is 164 Å². The van der Waals surface area contributed by atoms with Crippen molar-refractivity contribution in [1.82, 2.24) is 4.90 Å². The van der Waals surface area contributed by atoms with Crippen molar-refractivity contribution in [2.45, 2.75) is 32.4 Å². The van der Waals surface area contributed by atoms with Crippen LogP contribution in [0.3, 0.4) is 0 Å². The Kier molecular flexibility index (Phi) is 4.98. The summed E-state index contributed by atoms with van der Waals surface area (Å²) in [6.07, 6.45) is 2.32. The molecule has 1 aliphatic rings. The van der Waals surface area contributed by atoms with E-state index in [2.05, 4.69) is 0 Å². The molecule has 6 heteroatoms. The Hall–Kier alpha value is -2.60. The molecule has 4 rings (SSSR count). The highest BCUT2D eigenvalue weighted by atomic mass is 32.2. The lowest BCUT2D eigenvalue weighted by atomic mass is 10.1. The van der Waals surface area contributed by atoms with E-state index in [1.807, 2.05) is 55.5 Å². The maximum Gasteiger partial charge on any atom is 0.227 e. The number of hydrogen-bond acceptors (Lipinski definition) is 4. The van der Waals surface area contributed by atoms with Gasteiger partial charge in [0, 0.05) is 23.5 Å². The Bertz CT molecular complexity index is 1100. The molecule has 5 nitrogen and oxygen atoms in total. The average Bonchev–Trinajstić information content (AvgIpc) is 3.23. The third kappa shape index (κ3) is 3.97. The van der Waals surface area contributed by atoms with E-state index in [1.165, 1.54) is 0 Å². The van der Waals surface area contributed by atoms with Crippen LogP contribution in [0, 0.1) is 6.92 Å². The maximum atomic E-state index is 13.2. The fraction of sp³-hybridized carbons (Fsp3) is 0.318. The summed E-state index contributed by atoms with van der Waals surface area (Å²) in [6.45, 7) is 2.41. The molecule has 0 N–H and O–H groups in total. The number of nitrogens with zero attached hydrogens (tertiary/aromatic N) is 1. The lowest BCUT2D eigenvalue weighted by molar-refractivity contribution is -0.133. The number of furan rings is 1. The first-order chi connectivity index (χ1) is 13.4. The van der Waals surface area contributed by atoms with Crippen molar-refractivity contribution in [3.05, 3.63) is 71.5 Å². The average molecular weight is 397 g/mol. The first-order valence-electron chi connectivity index (χ1n) is 9.42. The molecule has 1 aromatic heterocycles. The van der Waals surface area contributed by atoms with Gasteiger partial charge in [-0.15, -0.1) is 0 Å². The van der Waals surface area contributed by atoms with Crippen molar-refractivity contribution in [3.8, 4) is 0 Å². The van der Waals surface area contributed by atoms with Crippen LogP contribution in [0.15, 0.2) is 59.2 Å². The molecule has 0 unspecified atom stereocenters. The fourth-order valence-corrected chi connectivity index (χ4v) is 5.55. The molecule has 0 aliphatic carbocycles. The molecule has 1 aliphatic heterocycles. The summed E-state index contributed by atoms with van der Waals surface area (Å²) in [5, 5.41) is 0.937. The van der Waals surface area contributed by atoms with Gasteiger partial charge in [-0.25, -0.2) is 8.42 Å². The van der Waals surface area contributed by atoms with Crippen LogP contribution in [0.4, 0.5) is 0 Å². The maximum absolute atomic E-state index is 13.2. The van der Waals surface area contributed by atoms with Gasteiger partial charge in [-0.2, -0.15) is 0 Å². The van der Waals surface area contributed by atoms with E-state index >= 15 is 0 Å². The highest BCUT2D eigenvalue weighted by molar-refractivity contribution is 7.91. The molecule has 0 radical (unpaired) electrons.